The van der Waals surface area contributed by atoms with Crippen molar-refractivity contribution in [2.45, 2.75) is 26.5 Å². The molecular formula is C36H31N3O8S. The van der Waals surface area contributed by atoms with Gasteiger partial charge >= 0.3 is 5.97 Å². The highest BCUT2D eigenvalue weighted by Crippen LogP contribution is 2.40. The number of carbonyl (C=O) groups excluding carboxylic acids is 1. The average molecular weight is 666 g/mol. The SMILES string of the molecule is CCOC(=O)C1=C(C)N=c2s/c(=C\c3cc(OC)c(OCc4ccccc4)cc3[N+](=O)[O-])c(=O)n2[C@H]1c1c(OC)ccc2ccccc12. The summed E-state index contributed by atoms with van der Waals surface area (Å²) < 4.78 is 24.3. The van der Waals surface area contributed by atoms with Crippen molar-refractivity contribution in [1.29, 1.82) is 0 Å². The van der Waals surface area contributed by atoms with Gasteiger partial charge in [0.1, 0.15) is 18.4 Å². The molecule has 244 valence electrons. The number of esters is 1. The van der Waals surface area contributed by atoms with E-state index in [4.69, 9.17) is 18.9 Å². The van der Waals surface area contributed by atoms with Crippen LogP contribution in [0.25, 0.3) is 16.8 Å². The van der Waals surface area contributed by atoms with E-state index in [9.17, 15) is 19.7 Å². The Morgan fingerprint density at radius 1 is 1.00 bits per heavy atom. The Bertz CT molecular complexity index is 2270. The maximum absolute atomic E-state index is 14.4. The monoisotopic (exact) mass is 665 g/mol. The van der Waals surface area contributed by atoms with Gasteiger partial charge < -0.3 is 18.9 Å². The van der Waals surface area contributed by atoms with Gasteiger partial charge in [0.15, 0.2) is 16.3 Å². The molecular weight excluding hydrogens is 634 g/mol. The van der Waals surface area contributed by atoms with Crippen LogP contribution in [0.5, 0.6) is 17.2 Å². The van der Waals surface area contributed by atoms with Crippen molar-refractivity contribution in [3.63, 3.8) is 0 Å². The van der Waals surface area contributed by atoms with Crippen molar-refractivity contribution in [3.8, 4) is 17.2 Å². The van der Waals surface area contributed by atoms with E-state index < -0.39 is 22.5 Å². The van der Waals surface area contributed by atoms with Crippen LogP contribution in [0.4, 0.5) is 5.69 Å². The number of thiazole rings is 1. The second-order valence-electron chi connectivity index (χ2n) is 10.8. The lowest BCUT2D eigenvalue weighted by Crippen LogP contribution is -2.40. The highest BCUT2D eigenvalue weighted by molar-refractivity contribution is 7.07. The first kappa shape index (κ1) is 32.2. The number of methoxy groups -OCH3 is 2. The second-order valence-corrected chi connectivity index (χ2v) is 11.8. The molecule has 4 aromatic carbocycles. The van der Waals surface area contributed by atoms with E-state index >= 15 is 0 Å². The van der Waals surface area contributed by atoms with Crippen molar-refractivity contribution >= 4 is 39.8 Å². The number of nitrogens with zero attached hydrogens (tertiary/aromatic N) is 3. The molecule has 0 aliphatic carbocycles. The maximum Gasteiger partial charge on any atom is 0.338 e. The lowest BCUT2D eigenvalue weighted by Gasteiger charge is -2.27. The van der Waals surface area contributed by atoms with E-state index in [0.717, 1.165) is 27.7 Å². The highest BCUT2D eigenvalue weighted by atomic mass is 32.1. The first-order chi connectivity index (χ1) is 23.2. The van der Waals surface area contributed by atoms with Gasteiger partial charge in [0, 0.05) is 5.56 Å². The molecule has 1 aliphatic heterocycles. The van der Waals surface area contributed by atoms with Crippen LogP contribution in [-0.2, 0) is 16.1 Å². The lowest BCUT2D eigenvalue weighted by molar-refractivity contribution is -0.385. The van der Waals surface area contributed by atoms with Gasteiger partial charge in [-0.2, -0.15) is 0 Å². The van der Waals surface area contributed by atoms with Gasteiger partial charge in [-0.15, -0.1) is 0 Å². The molecule has 0 amide bonds. The molecule has 0 unspecified atom stereocenters. The Balaban J connectivity index is 1.55. The van der Waals surface area contributed by atoms with E-state index in [1.54, 1.807) is 19.9 Å². The number of aromatic nitrogens is 1. The predicted molar refractivity (Wildman–Crippen MR) is 181 cm³/mol. The fourth-order valence-corrected chi connectivity index (χ4v) is 6.83. The van der Waals surface area contributed by atoms with Gasteiger partial charge in [-0.05, 0) is 48.4 Å². The van der Waals surface area contributed by atoms with Gasteiger partial charge in [0.05, 0.1) is 53.2 Å². The van der Waals surface area contributed by atoms with Crippen molar-refractivity contribution in [3.05, 3.63) is 137 Å². The molecule has 1 atom stereocenters. The van der Waals surface area contributed by atoms with Gasteiger partial charge in [0.25, 0.3) is 11.2 Å². The van der Waals surface area contributed by atoms with Crippen molar-refractivity contribution in [1.82, 2.24) is 4.57 Å². The average Bonchev–Trinajstić information content (AvgIpc) is 3.40. The van der Waals surface area contributed by atoms with E-state index in [0.29, 0.717) is 21.8 Å². The quantitative estimate of drug-likeness (QED) is 0.109. The van der Waals surface area contributed by atoms with Crippen LogP contribution in [0.3, 0.4) is 0 Å². The number of rotatable bonds is 10. The third-order valence-corrected chi connectivity index (χ3v) is 8.96. The van der Waals surface area contributed by atoms with Gasteiger partial charge in [-0.3, -0.25) is 19.5 Å². The molecule has 0 N–H and O–H groups in total. The Kier molecular flexibility index (Phi) is 9.08. The minimum atomic E-state index is -0.957. The molecule has 2 heterocycles. The summed E-state index contributed by atoms with van der Waals surface area (Å²) in [6.45, 7) is 3.69. The van der Waals surface area contributed by atoms with Gasteiger partial charge in [0.2, 0.25) is 0 Å². The third-order valence-electron chi connectivity index (χ3n) is 7.97. The smallest absolute Gasteiger partial charge is 0.338 e. The minimum Gasteiger partial charge on any atom is -0.496 e. The molecule has 12 heteroatoms. The molecule has 0 fully saturated rings. The van der Waals surface area contributed by atoms with Crippen LogP contribution >= 0.6 is 11.3 Å². The van der Waals surface area contributed by atoms with Crippen LogP contribution < -0.4 is 29.1 Å². The van der Waals surface area contributed by atoms with Crippen molar-refractivity contribution in [2.24, 2.45) is 4.99 Å². The number of fused-ring (bicyclic) bond motifs is 2. The Hall–Kier alpha value is -5.75. The molecule has 6 rings (SSSR count). The molecule has 0 spiro atoms. The summed E-state index contributed by atoms with van der Waals surface area (Å²) >= 11 is 1.06. The zero-order chi connectivity index (χ0) is 33.9. The standard InChI is InChI=1S/C36H31N3O8S/c1-5-46-35(41)31-21(2)37-36-38(33(31)32-25-14-10-9-13-23(25)15-16-27(32)44-3)34(40)30(48-36)18-24-17-28(45-4)29(19-26(24)39(42)43)47-20-22-11-7-6-8-12-22/h6-19,33H,5,20H2,1-4H3/b30-18-/t33-/m1/s1. The van der Waals surface area contributed by atoms with Crippen molar-refractivity contribution in [2.75, 3.05) is 20.8 Å². The highest BCUT2D eigenvalue weighted by Gasteiger charge is 2.36. The molecule has 1 aliphatic rings. The number of nitro benzene ring substituents is 1. The Labute approximate surface area is 278 Å². The fraction of sp³-hybridized carbons (Fsp3) is 0.194. The van der Waals surface area contributed by atoms with Crippen LogP contribution in [0.15, 0.2) is 99.9 Å². The summed E-state index contributed by atoms with van der Waals surface area (Å²) in [6.07, 6.45) is 1.44. The normalized spacial score (nSPS) is 14.3. The lowest BCUT2D eigenvalue weighted by atomic mass is 9.90. The molecule has 0 saturated heterocycles. The number of benzene rings is 4. The molecule has 0 bridgehead atoms. The van der Waals surface area contributed by atoms with E-state index in [2.05, 4.69) is 4.99 Å². The number of hydrogen-bond acceptors (Lipinski definition) is 10. The predicted octanol–water partition coefficient (Wildman–Crippen LogP) is 5.46. The zero-order valence-corrected chi connectivity index (χ0v) is 27.4. The number of hydrogen-bond donors (Lipinski definition) is 0. The zero-order valence-electron chi connectivity index (χ0n) is 26.6. The topological polar surface area (TPSA) is 131 Å². The van der Waals surface area contributed by atoms with E-state index in [1.165, 1.54) is 37.0 Å². The van der Waals surface area contributed by atoms with E-state index in [-0.39, 0.29) is 46.1 Å². The van der Waals surface area contributed by atoms with Gasteiger partial charge in [-0.25, -0.2) is 9.79 Å². The Morgan fingerprint density at radius 3 is 2.44 bits per heavy atom. The first-order valence-electron chi connectivity index (χ1n) is 15.0. The molecule has 11 nitrogen and oxygen atoms in total. The summed E-state index contributed by atoms with van der Waals surface area (Å²) in [5, 5.41) is 13.9. The molecule has 0 saturated carbocycles. The second kappa shape index (κ2) is 13.5. The first-order valence-corrected chi connectivity index (χ1v) is 15.9. The van der Waals surface area contributed by atoms with Crippen LogP contribution in [-0.4, -0.2) is 36.3 Å². The number of nitro groups is 1. The number of allylic oxidation sites excluding steroid dienone is 1. The molecule has 1 aromatic heterocycles. The largest absolute Gasteiger partial charge is 0.496 e. The molecule has 48 heavy (non-hydrogen) atoms. The van der Waals surface area contributed by atoms with Crippen LogP contribution in [0, 0.1) is 10.1 Å². The van der Waals surface area contributed by atoms with Crippen LogP contribution in [0.2, 0.25) is 0 Å². The number of carbonyl (C=O) groups is 1. The van der Waals surface area contributed by atoms with E-state index in [1.807, 2.05) is 60.7 Å². The summed E-state index contributed by atoms with van der Waals surface area (Å²) in [4.78, 5) is 44.6. The summed E-state index contributed by atoms with van der Waals surface area (Å²) in [6, 6.07) is 22.5. The Morgan fingerprint density at radius 2 is 1.73 bits per heavy atom. The van der Waals surface area contributed by atoms with Crippen LogP contribution in [0.1, 0.15) is 36.6 Å². The molecule has 5 aromatic rings. The number of ether oxygens (including phenoxy) is 4. The molecule has 0 radical (unpaired) electrons. The third kappa shape index (κ3) is 5.93. The summed E-state index contributed by atoms with van der Waals surface area (Å²) in [5.41, 5.74) is 1.41. The maximum atomic E-state index is 14.4. The minimum absolute atomic E-state index is 0.121. The summed E-state index contributed by atoms with van der Waals surface area (Å²) in [5.74, 6) is 0.300. The van der Waals surface area contributed by atoms with Crippen molar-refractivity contribution < 1.29 is 28.7 Å². The summed E-state index contributed by atoms with van der Waals surface area (Å²) in [7, 11) is 2.96. The fourth-order valence-electron chi connectivity index (χ4n) is 5.79. The van der Waals surface area contributed by atoms with Gasteiger partial charge in [-0.1, -0.05) is 72.0 Å².